The largest absolute Gasteiger partial charge is 0.382 e. The van der Waals surface area contributed by atoms with Crippen molar-refractivity contribution in [1.29, 1.82) is 0 Å². The van der Waals surface area contributed by atoms with Crippen LogP contribution in [0.4, 0.5) is 11.6 Å². The molecule has 0 spiro atoms. The van der Waals surface area contributed by atoms with Gasteiger partial charge in [-0.25, -0.2) is 9.97 Å². The molecule has 2 rings (SSSR count). The molecule has 2 heterocycles. The number of nitrogen functional groups attached to an aromatic ring is 1. The van der Waals surface area contributed by atoms with Gasteiger partial charge in [0, 0.05) is 5.69 Å². The molecule has 2 aromatic rings. The molecule has 0 fully saturated rings. The Morgan fingerprint density at radius 3 is 2.82 bits per heavy atom. The molecule has 0 aliphatic rings. The summed E-state index contributed by atoms with van der Waals surface area (Å²) in [6.45, 7) is 1.84. The molecule has 86 valence electrons. The zero-order chi connectivity index (χ0) is 12.3. The first-order valence-electron chi connectivity index (χ1n) is 4.97. The van der Waals surface area contributed by atoms with Crippen LogP contribution in [0.15, 0.2) is 30.6 Å². The second kappa shape index (κ2) is 4.56. The monoisotopic (exact) mass is 229 g/mol. The van der Waals surface area contributed by atoms with Crippen LogP contribution in [0.2, 0.25) is 0 Å². The third-order valence-electron chi connectivity index (χ3n) is 2.02. The van der Waals surface area contributed by atoms with Crippen molar-refractivity contribution in [2.75, 3.05) is 11.1 Å². The minimum atomic E-state index is -0.386. The molecule has 0 aromatic carbocycles. The van der Waals surface area contributed by atoms with Crippen molar-refractivity contribution in [3.63, 3.8) is 0 Å². The molecule has 3 N–H and O–H groups in total. The van der Waals surface area contributed by atoms with Gasteiger partial charge in [0.05, 0.1) is 12.4 Å². The van der Waals surface area contributed by atoms with Crippen LogP contribution in [0.1, 0.15) is 16.2 Å². The predicted molar refractivity (Wildman–Crippen MR) is 63.4 cm³/mol. The quantitative estimate of drug-likeness (QED) is 0.801. The van der Waals surface area contributed by atoms with Crippen LogP contribution in [0.3, 0.4) is 0 Å². The fourth-order valence-electron chi connectivity index (χ4n) is 1.28. The summed E-state index contributed by atoms with van der Waals surface area (Å²) >= 11 is 0. The predicted octanol–water partition coefficient (Wildman–Crippen LogP) is 1.01. The van der Waals surface area contributed by atoms with E-state index in [0.717, 1.165) is 5.69 Å². The summed E-state index contributed by atoms with van der Waals surface area (Å²) < 4.78 is 0. The van der Waals surface area contributed by atoms with Gasteiger partial charge in [-0.05, 0) is 19.1 Å². The molecule has 1 amide bonds. The Morgan fingerprint density at radius 2 is 2.12 bits per heavy atom. The van der Waals surface area contributed by atoms with Crippen molar-refractivity contribution in [1.82, 2.24) is 15.0 Å². The first kappa shape index (κ1) is 11.0. The average molecular weight is 229 g/mol. The van der Waals surface area contributed by atoms with Gasteiger partial charge in [0.25, 0.3) is 5.91 Å². The molecule has 0 saturated heterocycles. The third kappa shape index (κ3) is 2.75. The summed E-state index contributed by atoms with van der Waals surface area (Å²) in [6.07, 6.45) is 2.73. The molecule has 0 saturated carbocycles. The number of aryl methyl sites for hydroxylation is 1. The van der Waals surface area contributed by atoms with Gasteiger partial charge in [0.15, 0.2) is 0 Å². The number of rotatable bonds is 2. The Labute approximate surface area is 97.9 Å². The summed E-state index contributed by atoms with van der Waals surface area (Å²) in [5.41, 5.74) is 6.43. The molecule has 6 nitrogen and oxygen atoms in total. The first-order chi connectivity index (χ1) is 8.15. The van der Waals surface area contributed by atoms with Crippen molar-refractivity contribution >= 4 is 17.5 Å². The number of carbonyl (C=O) groups is 1. The number of nitrogens with zero attached hydrogens (tertiary/aromatic N) is 3. The Balaban J connectivity index is 2.17. The van der Waals surface area contributed by atoms with Crippen molar-refractivity contribution in [3.8, 4) is 0 Å². The number of nitrogens with one attached hydrogen (secondary N) is 1. The minimum Gasteiger partial charge on any atom is -0.382 e. The van der Waals surface area contributed by atoms with Crippen LogP contribution in [0.25, 0.3) is 0 Å². The first-order valence-corrected chi connectivity index (χ1v) is 4.97. The van der Waals surface area contributed by atoms with Gasteiger partial charge < -0.3 is 11.1 Å². The maximum absolute atomic E-state index is 11.8. The van der Waals surface area contributed by atoms with E-state index in [9.17, 15) is 4.79 Å². The highest BCUT2D eigenvalue weighted by atomic mass is 16.1. The van der Waals surface area contributed by atoms with Crippen LogP contribution >= 0.6 is 0 Å². The zero-order valence-electron chi connectivity index (χ0n) is 9.21. The van der Waals surface area contributed by atoms with Crippen LogP contribution in [-0.2, 0) is 0 Å². The highest BCUT2D eigenvalue weighted by molar-refractivity contribution is 6.02. The summed E-state index contributed by atoms with van der Waals surface area (Å²) in [6, 6.07) is 5.35. The van der Waals surface area contributed by atoms with E-state index in [1.54, 1.807) is 6.07 Å². The lowest BCUT2D eigenvalue weighted by Gasteiger charge is -2.04. The molecule has 0 bridgehead atoms. The standard InChI is InChI=1S/C11H11N5O/c1-7-3-2-4-10(14-7)16-11(17)8-5-13-6-9(12)15-8/h2-6H,1H3,(H2,12,15)(H,14,16,17). The average Bonchev–Trinajstić information content (AvgIpc) is 2.29. The lowest BCUT2D eigenvalue weighted by atomic mass is 10.3. The SMILES string of the molecule is Cc1cccc(NC(=O)c2cncc(N)n2)n1. The summed E-state index contributed by atoms with van der Waals surface area (Å²) in [5, 5.41) is 2.62. The maximum Gasteiger partial charge on any atom is 0.277 e. The summed E-state index contributed by atoms with van der Waals surface area (Å²) in [5.74, 6) is 0.289. The van der Waals surface area contributed by atoms with Gasteiger partial charge in [-0.15, -0.1) is 0 Å². The lowest BCUT2D eigenvalue weighted by Crippen LogP contribution is -2.15. The van der Waals surface area contributed by atoms with E-state index >= 15 is 0 Å². The van der Waals surface area contributed by atoms with Crippen LogP contribution < -0.4 is 11.1 Å². The van der Waals surface area contributed by atoms with E-state index in [2.05, 4.69) is 20.3 Å². The number of hydrogen-bond donors (Lipinski definition) is 2. The topological polar surface area (TPSA) is 93.8 Å². The number of aromatic nitrogens is 3. The van der Waals surface area contributed by atoms with Crippen molar-refractivity contribution < 1.29 is 4.79 Å². The molecular formula is C11H11N5O. The number of anilines is 2. The molecule has 2 aromatic heterocycles. The molecule has 0 aliphatic heterocycles. The minimum absolute atomic E-state index is 0.160. The fourth-order valence-corrected chi connectivity index (χ4v) is 1.28. The van der Waals surface area contributed by atoms with E-state index < -0.39 is 0 Å². The second-order valence-electron chi connectivity index (χ2n) is 3.45. The van der Waals surface area contributed by atoms with Crippen molar-refractivity contribution in [2.24, 2.45) is 0 Å². The molecule has 6 heteroatoms. The highest BCUT2D eigenvalue weighted by Crippen LogP contribution is 2.06. The van der Waals surface area contributed by atoms with Gasteiger partial charge in [-0.2, -0.15) is 0 Å². The van der Waals surface area contributed by atoms with E-state index in [1.165, 1.54) is 12.4 Å². The number of nitrogens with two attached hydrogens (primary N) is 1. The number of pyridine rings is 1. The molecule has 17 heavy (non-hydrogen) atoms. The Kier molecular flexibility index (Phi) is 2.95. The summed E-state index contributed by atoms with van der Waals surface area (Å²) in [7, 11) is 0. The van der Waals surface area contributed by atoms with Crippen LogP contribution in [-0.4, -0.2) is 20.9 Å². The zero-order valence-corrected chi connectivity index (χ0v) is 9.21. The van der Waals surface area contributed by atoms with Crippen LogP contribution in [0.5, 0.6) is 0 Å². The van der Waals surface area contributed by atoms with E-state index in [0.29, 0.717) is 5.82 Å². The maximum atomic E-state index is 11.8. The Hall–Kier alpha value is -2.50. The van der Waals surface area contributed by atoms with E-state index in [4.69, 9.17) is 5.73 Å². The molecule has 0 unspecified atom stereocenters. The van der Waals surface area contributed by atoms with Crippen LogP contribution in [0, 0.1) is 6.92 Å². The lowest BCUT2D eigenvalue weighted by molar-refractivity contribution is 0.102. The Morgan fingerprint density at radius 1 is 1.29 bits per heavy atom. The third-order valence-corrected chi connectivity index (χ3v) is 2.02. The smallest absolute Gasteiger partial charge is 0.277 e. The number of hydrogen-bond acceptors (Lipinski definition) is 5. The molecule has 0 radical (unpaired) electrons. The van der Waals surface area contributed by atoms with E-state index in [1.807, 2.05) is 19.1 Å². The highest BCUT2D eigenvalue weighted by Gasteiger charge is 2.08. The Bertz CT molecular complexity index is 555. The van der Waals surface area contributed by atoms with Gasteiger partial charge in [-0.1, -0.05) is 6.07 Å². The van der Waals surface area contributed by atoms with Gasteiger partial charge in [0.1, 0.15) is 17.3 Å². The van der Waals surface area contributed by atoms with Crippen molar-refractivity contribution in [2.45, 2.75) is 6.92 Å². The number of amides is 1. The van der Waals surface area contributed by atoms with Gasteiger partial charge in [-0.3, -0.25) is 9.78 Å². The normalized spacial score (nSPS) is 9.94. The van der Waals surface area contributed by atoms with Crippen molar-refractivity contribution in [3.05, 3.63) is 42.0 Å². The fraction of sp³-hybridized carbons (Fsp3) is 0.0909. The molecule has 0 aliphatic carbocycles. The number of carbonyl (C=O) groups excluding carboxylic acids is 1. The molecule has 0 atom stereocenters. The van der Waals surface area contributed by atoms with E-state index in [-0.39, 0.29) is 17.4 Å². The second-order valence-corrected chi connectivity index (χ2v) is 3.45. The molecular weight excluding hydrogens is 218 g/mol. The van der Waals surface area contributed by atoms with Gasteiger partial charge in [0.2, 0.25) is 0 Å². The van der Waals surface area contributed by atoms with Gasteiger partial charge >= 0.3 is 0 Å². The summed E-state index contributed by atoms with van der Waals surface area (Å²) in [4.78, 5) is 23.6.